The monoisotopic (exact) mass is 419 g/mol. The molecule has 4 rings (SSSR count). The Labute approximate surface area is 179 Å². The lowest BCUT2D eigenvalue weighted by atomic mass is 9.46. The summed E-state index contributed by atoms with van der Waals surface area (Å²) in [6, 6.07) is 0. The molecule has 0 saturated heterocycles. The first-order valence-electron chi connectivity index (χ1n) is 11.4. The lowest BCUT2D eigenvalue weighted by Gasteiger charge is -2.59. The molecule has 6 heteroatoms. The van der Waals surface area contributed by atoms with Crippen LogP contribution < -0.4 is 0 Å². The van der Waals surface area contributed by atoms with E-state index < -0.39 is 11.7 Å². The van der Waals surface area contributed by atoms with Gasteiger partial charge < -0.3 is 19.8 Å². The first kappa shape index (κ1) is 21.8. The molecule has 0 spiro atoms. The molecule has 0 heterocycles. The van der Waals surface area contributed by atoms with Gasteiger partial charge in [-0.3, -0.25) is 4.79 Å². The zero-order valence-corrected chi connectivity index (χ0v) is 19.0. The van der Waals surface area contributed by atoms with Crippen LogP contribution in [0.3, 0.4) is 0 Å². The number of rotatable bonds is 3. The average Bonchev–Trinajstić information content (AvgIpc) is 2.94. The molecule has 0 aromatic carbocycles. The molecule has 0 amide bonds. The van der Waals surface area contributed by atoms with Gasteiger partial charge in [-0.25, -0.2) is 0 Å². The smallest absolute Gasteiger partial charge is 0.302 e. The predicted octanol–water partition coefficient (Wildman–Crippen LogP) is 4.09. The van der Waals surface area contributed by atoms with Crippen molar-refractivity contribution in [3.05, 3.63) is 11.6 Å². The van der Waals surface area contributed by atoms with Gasteiger partial charge in [0.05, 0.1) is 11.8 Å². The first-order chi connectivity index (χ1) is 14.1. The lowest BCUT2D eigenvalue weighted by Crippen LogP contribution is -2.60. The maximum Gasteiger partial charge on any atom is 0.302 e. The number of oxime groups is 1. The SMILES string of the molecule is COC1(C(C)=NO)[C@H](O)CC2C3CC=C4CC(OC(C)=O)CC[C@]4(C)C3CC[C@@]21C. The second-order valence-corrected chi connectivity index (χ2v) is 10.6. The van der Waals surface area contributed by atoms with Crippen LogP contribution in [0.5, 0.6) is 0 Å². The highest BCUT2D eigenvalue weighted by molar-refractivity contribution is 5.92. The Balaban J connectivity index is 1.66. The number of fused-ring (bicyclic) bond motifs is 5. The summed E-state index contributed by atoms with van der Waals surface area (Å²) < 4.78 is 11.5. The predicted molar refractivity (Wildman–Crippen MR) is 113 cm³/mol. The van der Waals surface area contributed by atoms with Crippen LogP contribution in [0.15, 0.2) is 16.8 Å². The zero-order valence-electron chi connectivity index (χ0n) is 19.0. The largest absolute Gasteiger partial charge is 0.462 e. The van der Waals surface area contributed by atoms with Gasteiger partial charge >= 0.3 is 5.97 Å². The summed E-state index contributed by atoms with van der Waals surface area (Å²) in [5.41, 5.74) is 0.852. The van der Waals surface area contributed by atoms with E-state index in [1.165, 1.54) is 12.5 Å². The Morgan fingerprint density at radius 1 is 1.20 bits per heavy atom. The van der Waals surface area contributed by atoms with Crippen LogP contribution in [-0.4, -0.2) is 46.9 Å². The van der Waals surface area contributed by atoms with Crippen molar-refractivity contribution < 1.29 is 24.6 Å². The maximum absolute atomic E-state index is 11.4. The van der Waals surface area contributed by atoms with E-state index >= 15 is 0 Å². The van der Waals surface area contributed by atoms with Crippen LogP contribution >= 0.6 is 0 Å². The highest BCUT2D eigenvalue weighted by atomic mass is 16.5. The molecule has 0 aromatic rings. The van der Waals surface area contributed by atoms with E-state index in [4.69, 9.17) is 9.47 Å². The molecule has 4 aliphatic carbocycles. The minimum atomic E-state index is -0.935. The van der Waals surface area contributed by atoms with Crippen LogP contribution in [0.4, 0.5) is 0 Å². The standard InChI is InChI=1S/C24H37NO5/c1-14(25-28)24(29-5)21(27)13-20-18-7-6-16-12-17(30-15(2)26)8-10-22(16,3)19(18)9-11-23(20,24)4/h6,17-21,27-28H,7-13H2,1-5H3/t17?,18?,19?,20?,21-,22+,23+,24?/m1/s1. The van der Waals surface area contributed by atoms with Gasteiger partial charge in [-0.05, 0) is 68.6 Å². The van der Waals surface area contributed by atoms with Gasteiger partial charge in [-0.15, -0.1) is 0 Å². The molecule has 0 aromatic heterocycles. The van der Waals surface area contributed by atoms with Crippen molar-refractivity contribution in [2.24, 2.45) is 33.7 Å². The fourth-order valence-corrected chi connectivity index (χ4v) is 8.21. The van der Waals surface area contributed by atoms with Crippen LogP contribution in [0.2, 0.25) is 0 Å². The number of esters is 1. The van der Waals surface area contributed by atoms with E-state index in [9.17, 15) is 15.1 Å². The van der Waals surface area contributed by atoms with E-state index in [0.29, 0.717) is 29.9 Å². The van der Waals surface area contributed by atoms with Crippen molar-refractivity contribution in [3.63, 3.8) is 0 Å². The molecule has 3 saturated carbocycles. The van der Waals surface area contributed by atoms with E-state index in [2.05, 4.69) is 25.1 Å². The van der Waals surface area contributed by atoms with Gasteiger partial charge in [0.2, 0.25) is 0 Å². The molecular formula is C24H37NO5. The third kappa shape index (κ3) is 2.75. The molecule has 5 unspecified atom stereocenters. The van der Waals surface area contributed by atoms with Crippen LogP contribution in [-0.2, 0) is 14.3 Å². The summed E-state index contributed by atoms with van der Waals surface area (Å²) in [5.74, 6) is 1.15. The van der Waals surface area contributed by atoms with Crippen LogP contribution in [0, 0.1) is 28.6 Å². The molecule has 0 bridgehead atoms. The number of allylic oxidation sites excluding steroid dienone is 1. The van der Waals surface area contributed by atoms with Crippen molar-refractivity contribution in [2.75, 3.05) is 7.11 Å². The van der Waals surface area contributed by atoms with Gasteiger partial charge in [-0.1, -0.05) is 30.7 Å². The second-order valence-electron chi connectivity index (χ2n) is 10.6. The fourth-order valence-electron chi connectivity index (χ4n) is 8.21. The molecule has 8 atom stereocenters. The number of aliphatic hydroxyl groups is 1. The molecule has 3 fully saturated rings. The quantitative estimate of drug-likeness (QED) is 0.236. The number of hydrogen-bond acceptors (Lipinski definition) is 6. The van der Waals surface area contributed by atoms with Crippen LogP contribution in [0.25, 0.3) is 0 Å². The van der Waals surface area contributed by atoms with Crippen molar-refractivity contribution in [1.29, 1.82) is 0 Å². The highest BCUT2D eigenvalue weighted by Gasteiger charge is 2.69. The van der Waals surface area contributed by atoms with E-state index in [1.54, 1.807) is 14.0 Å². The van der Waals surface area contributed by atoms with Gasteiger partial charge in [0.25, 0.3) is 0 Å². The number of hydrogen-bond donors (Lipinski definition) is 2. The molecule has 4 aliphatic rings. The number of carbonyl (C=O) groups is 1. The first-order valence-corrected chi connectivity index (χ1v) is 11.4. The Hall–Kier alpha value is -1.40. The van der Waals surface area contributed by atoms with Crippen molar-refractivity contribution >= 4 is 11.7 Å². The second kappa shape index (κ2) is 7.33. The fraction of sp³-hybridized carbons (Fsp3) is 0.833. The Bertz CT molecular complexity index is 778. The van der Waals surface area contributed by atoms with Crippen LogP contribution in [0.1, 0.15) is 72.6 Å². The molecule has 30 heavy (non-hydrogen) atoms. The highest BCUT2D eigenvalue weighted by Crippen LogP contribution is 2.68. The Morgan fingerprint density at radius 2 is 1.93 bits per heavy atom. The van der Waals surface area contributed by atoms with Gasteiger partial charge in [-0.2, -0.15) is 0 Å². The lowest BCUT2D eigenvalue weighted by molar-refractivity contribution is -0.149. The minimum absolute atomic E-state index is 0.00471. The van der Waals surface area contributed by atoms with Gasteiger partial charge in [0, 0.05) is 25.9 Å². The maximum atomic E-state index is 11.4. The topological polar surface area (TPSA) is 88.3 Å². The summed E-state index contributed by atoms with van der Waals surface area (Å²) in [7, 11) is 1.63. The number of nitrogens with zero attached hydrogens (tertiary/aromatic N) is 1. The summed E-state index contributed by atoms with van der Waals surface area (Å²) in [4.78, 5) is 11.4. The van der Waals surface area contributed by atoms with E-state index in [0.717, 1.165) is 38.5 Å². The molecular weight excluding hydrogens is 382 g/mol. The summed E-state index contributed by atoms with van der Waals surface area (Å²) >= 11 is 0. The molecule has 2 N–H and O–H groups in total. The van der Waals surface area contributed by atoms with Crippen molar-refractivity contribution in [1.82, 2.24) is 0 Å². The van der Waals surface area contributed by atoms with Crippen molar-refractivity contribution in [3.8, 4) is 0 Å². The normalized spacial score (nSPS) is 48.3. The third-order valence-corrected chi connectivity index (χ3v) is 9.59. The van der Waals surface area contributed by atoms with Gasteiger partial charge in [0.1, 0.15) is 11.7 Å². The minimum Gasteiger partial charge on any atom is -0.462 e. The number of methoxy groups -OCH3 is 1. The van der Waals surface area contributed by atoms with Crippen molar-refractivity contribution in [2.45, 2.75) is 90.4 Å². The molecule has 0 radical (unpaired) electrons. The average molecular weight is 420 g/mol. The molecule has 6 nitrogen and oxygen atoms in total. The molecule has 0 aliphatic heterocycles. The Kier molecular flexibility index (Phi) is 5.33. The molecule has 168 valence electrons. The summed E-state index contributed by atoms with van der Waals surface area (Å²) in [6.45, 7) is 7.88. The summed E-state index contributed by atoms with van der Waals surface area (Å²) in [5, 5.41) is 24.2. The summed E-state index contributed by atoms with van der Waals surface area (Å²) in [6.07, 6.45) is 8.20. The number of ether oxygens (including phenoxy) is 2. The Morgan fingerprint density at radius 3 is 2.57 bits per heavy atom. The number of aliphatic hydroxyl groups excluding tert-OH is 1. The van der Waals surface area contributed by atoms with E-state index in [1.807, 2.05) is 0 Å². The van der Waals surface area contributed by atoms with Gasteiger partial charge in [0.15, 0.2) is 0 Å². The number of carbonyl (C=O) groups excluding carboxylic acids is 1. The van der Waals surface area contributed by atoms with E-state index in [-0.39, 0.29) is 22.9 Å². The zero-order chi connectivity index (χ0) is 21.9. The third-order valence-electron chi connectivity index (χ3n) is 9.59.